The Morgan fingerprint density at radius 1 is 1.09 bits per heavy atom. The first-order valence-electron chi connectivity index (χ1n) is 7.78. The summed E-state index contributed by atoms with van der Waals surface area (Å²) in [6.45, 7) is 1.70. The summed E-state index contributed by atoms with van der Waals surface area (Å²) in [5.41, 5.74) is 0. The maximum atomic E-state index is 12.2. The molecule has 3 fully saturated rings. The van der Waals surface area contributed by atoms with Gasteiger partial charge in [0.05, 0.1) is 24.3 Å². The summed E-state index contributed by atoms with van der Waals surface area (Å²) in [5, 5.41) is 37.2. The number of aliphatic hydroxyl groups excluding tert-OH is 2. The topological polar surface area (TPSA) is 130 Å². The van der Waals surface area contributed by atoms with Crippen molar-refractivity contribution in [2.75, 3.05) is 14.1 Å². The van der Waals surface area contributed by atoms with E-state index in [0.717, 1.165) is 0 Å². The van der Waals surface area contributed by atoms with E-state index < -0.39 is 60.5 Å². The number of carbonyl (C=O) groups excluding carboxylic acids is 1. The van der Waals surface area contributed by atoms with Crippen molar-refractivity contribution in [3.05, 3.63) is 0 Å². The summed E-state index contributed by atoms with van der Waals surface area (Å²) in [6.07, 6.45) is -5.58. The van der Waals surface area contributed by atoms with Gasteiger partial charge in [0.2, 0.25) is 6.29 Å². The molecular weight excluding hydrogens is 308 g/mol. The molecule has 0 amide bonds. The van der Waals surface area contributed by atoms with Crippen molar-refractivity contribution >= 4 is 5.78 Å². The largest absolute Gasteiger partial charge is 0.390 e. The van der Waals surface area contributed by atoms with Gasteiger partial charge in [0, 0.05) is 6.42 Å². The van der Waals surface area contributed by atoms with E-state index in [2.05, 4.69) is 10.6 Å². The Kier molecular flexibility index (Phi) is 4.49. The van der Waals surface area contributed by atoms with Crippen molar-refractivity contribution in [3.8, 4) is 0 Å². The molecule has 0 bridgehead atoms. The number of likely N-dealkylation sites (N-methyl/N-ethyl adjacent to an activating group) is 2. The van der Waals surface area contributed by atoms with Crippen LogP contribution in [0.1, 0.15) is 13.3 Å². The fourth-order valence-corrected chi connectivity index (χ4v) is 3.68. The molecule has 132 valence electrons. The summed E-state index contributed by atoms with van der Waals surface area (Å²) in [5.74, 6) is -2.76. The number of nitrogens with one attached hydrogen (secondary N) is 2. The van der Waals surface area contributed by atoms with Crippen molar-refractivity contribution in [1.82, 2.24) is 10.6 Å². The highest BCUT2D eigenvalue weighted by atomic mass is 16.8. The number of hydrogen-bond donors (Lipinski definition) is 5. The van der Waals surface area contributed by atoms with Crippen LogP contribution < -0.4 is 10.6 Å². The highest BCUT2D eigenvalue weighted by Gasteiger charge is 2.63. The maximum absolute atomic E-state index is 12.2. The maximum Gasteiger partial charge on any atom is 0.280 e. The van der Waals surface area contributed by atoms with E-state index in [-0.39, 0.29) is 6.42 Å². The average molecular weight is 332 g/mol. The average Bonchev–Trinajstić information content (AvgIpc) is 2.49. The summed E-state index contributed by atoms with van der Waals surface area (Å²) in [4.78, 5) is 12.2. The van der Waals surface area contributed by atoms with E-state index in [1.54, 1.807) is 21.0 Å². The minimum absolute atomic E-state index is 0.00220. The molecular formula is C14H24N2O7. The van der Waals surface area contributed by atoms with Crippen LogP contribution in [0, 0.1) is 0 Å². The molecule has 23 heavy (non-hydrogen) atoms. The monoisotopic (exact) mass is 332 g/mol. The minimum atomic E-state index is -2.23. The summed E-state index contributed by atoms with van der Waals surface area (Å²) in [6, 6.07) is -1.29. The van der Waals surface area contributed by atoms with Crippen molar-refractivity contribution in [1.29, 1.82) is 0 Å². The first-order valence-corrected chi connectivity index (χ1v) is 7.78. The molecule has 0 spiro atoms. The molecule has 3 aliphatic rings. The molecule has 2 heterocycles. The number of Topliss-reactive ketones (excluding diaryl/α,β-unsaturated/α-hetero) is 1. The fourth-order valence-electron chi connectivity index (χ4n) is 3.68. The van der Waals surface area contributed by atoms with E-state index in [9.17, 15) is 20.1 Å². The van der Waals surface area contributed by atoms with Gasteiger partial charge in [-0.05, 0) is 21.0 Å². The molecule has 9 heteroatoms. The third kappa shape index (κ3) is 2.52. The minimum Gasteiger partial charge on any atom is -0.390 e. The predicted molar refractivity (Wildman–Crippen MR) is 76.4 cm³/mol. The van der Waals surface area contributed by atoms with Gasteiger partial charge in [0.15, 0.2) is 5.78 Å². The number of aliphatic hydroxyl groups is 3. The van der Waals surface area contributed by atoms with Crippen molar-refractivity contribution in [2.45, 2.75) is 68.0 Å². The van der Waals surface area contributed by atoms with Crippen LogP contribution in [-0.2, 0) is 19.0 Å². The molecule has 0 unspecified atom stereocenters. The molecule has 2 saturated heterocycles. The lowest BCUT2D eigenvalue weighted by atomic mass is 9.80. The Balaban J connectivity index is 1.92. The Morgan fingerprint density at radius 3 is 2.35 bits per heavy atom. The van der Waals surface area contributed by atoms with Crippen LogP contribution >= 0.6 is 0 Å². The number of hydrogen-bond acceptors (Lipinski definition) is 9. The van der Waals surface area contributed by atoms with Gasteiger partial charge >= 0.3 is 0 Å². The third-order valence-corrected chi connectivity index (χ3v) is 4.93. The van der Waals surface area contributed by atoms with E-state index in [0.29, 0.717) is 0 Å². The van der Waals surface area contributed by atoms with Crippen LogP contribution in [0.25, 0.3) is 0 Å². The van der Waals surface area contributed by atoms with Gasteiger partial charge in [-0.1, -0.05) is 0 Å². The quantitative estimate of drug-likeness (QED) is 0.361. The third-order valence-electron chi connectivity index (χ3n) is 4.93. The second-order valence-corrected chi connectivity index (χ2v) is 6.40. The van der Waals surface area contributed by atoms with E-state index in [4.69, 9.17) is 14.2 Å². The molecule has 0 radical (unpaired) electrons. The van der Waals surface area contributed by atoms with Crippen molar-refractivity contribution in [3.63, 3.8) is 0 Å². The van der Waals surface area contributed by atoms with Gasteiger partial charge in [-0.15, -0.1) is 0 Å². The van der Waals surface area contributed by atoms with Gasteiger partial charge in [0.1, 0.15) is 18.3 Å². The smallest absolute Gasteiger partial charge is 0.280 e. The highest BCUT2D eigenvalue weighted by molar-refractivity contribution is 5.87. The normalized spacial score (nSPS) is 53.6. The zero-order valence-corrected chi connectivity index (χ0v) is 13.3. The zero-order valence-electron chi connectivity index (χ0n) is 13.3. The highest BCUT2D eigenvalue weighted by Crippen LogP contribution is 2.40. The van der Waals surface area contributed by atoms with Gasteiger partial charge in [0.25, 0.3) is 5.79 Å². The number of fused-ring (bicyclic) bond motifs is 2. The lowest BCUT2D eigenvalue weighted by Gasteiger charge is -2.55. The molecule has 9 nitrogen and oxygen atoms in total. The SMILES string of the molecule is CN[C@H]1[C@@H](O)[C@@H](NC)[C@@H]2O[C@@]3(O)C(=O)C[C@@H](C)O[C@H]3O[C@H]2[C@@H]1O. The summed E-state index contributed by atoms with van der Waals surface area (Å²) in [7, 11) is 3.24. The van der Waals surface area contributed by atoms with Crippen LogP contribution in [0.3, 0.4) is 0 Å². The first-order chi connectivity index (χ1) is 10.8. The number of ketones is 1. The van der Waals surface area contributed by atoms with Gasteiger partial charge < -0.3 is 40.2 Å². The van der Waals surface area contributed by atoms with Crippen LogP contribution in [0.4, 0.5) is 0 Å². The van der Waals surface area contributed by atoms with Gasteiger partial charge in [-0.2, -0.15) is 0 Å². The van der Waals surface area contributed by atoms with Crippen LogP contribution in [0.15, 0.2) is 0 Å². The van der Waals surface area contributed by atoms with Crippen LogP contribution in [0.5, 0.6) is 0 Å². The standard InChI is InChI=1S/C14H24N2O7/c1-5-4-6(17)14(20)13(21-5)22-12-10(19)7(15-2)9(18)8(16-3)11(12)23-14/h5,7-13,15-16,18-20H,4H2,1-3H3/t5-,7+,8-,9-,10-,11+,12+,13+,14+/m1/s1. The molecule has 1 saturated carbocycles. The summed E-state index contributed by atoms with van der Waals surface area (Å²) < 4.78 is 16.8. The number of rotatable bonds is 2. The van der Waals surface area contributed by atoms with Gasteiger partial charge in [-0.3, -0.25) is 4.79 Å². The summed E-state index contributed by atoms with van der Waals surface area (Å²) >= 11 is 0. The first kappa shape index (κ1) is 17.2. The lowest BCUT2D eigenvalue weighted by molar-refractivity contribution is -0.420. The van der Waals surface area contributed by atoms with E-state index in [1.165, 1.54) is 0 Å². The predicted octanol–water partition coefficient (Wildman–Crippen LogP) is -2.93. The van der Waals surface area contributed by atoms with Crippen LogP contribution in [-0.4, -0.2) is 89.9 Å². The van der Waals surface area contributed by atoms with Gasteiger partial charge in [-0.25, -0.2) is 0 Å². The lowest BCUT2D eigenvalue weighted by Crippen LogP contribution is -2.77. The van der Waals surface area contributed by atoms with Crippen molar-refractivity contribution < 1.29 is 34.3 Å². The fraction of sp³-hybridized carbons (Fsp3) is 0.929. The second-order valence-electron chi connectivity index (χ2n) is 6.40. The number of ether oxygens (including phenoxy) is 3. The van der Waals surface area contributed by atoms with E-state index >= 15 is 0 Å². The van der Waals surface area contributed by atoms with E-state index in [1.807, 2.05) is 0 Å². The Hall–Kier alpha value is -0.650. The zero-order chi connectivity index (χ0) is 16.9. The number of carbonyl (C=O) groups is 1. The molecule has 5 N–H and O–H groups in total. The second kappa shape index (κ2) is 6.01. The molecule has 0 aromatic heterocycles. The Labute approximate surface area is 133 Å². The molecule has 2 aliphatic heterocycles. The Morgan fingerprint density at radius 2 is 1.74 bits per heavy atom. The molecule has 3 rings (SSSR count). The Bertz CT molecular complexity index is 478. The van der Waals surface area contributed by atoms with Crippen molar-refractivity contribution in [2.24, 2.45) is 0 Å². The molecule has 0 aromatic rings. The van der Waals surface area contributed by atoms with Crippen LogP contribution in [0.2, 0.25) is 0 Å². The molecule has 1 aliphatic carbocycles. The molecule has 0 aromatic carbocycles. The molecule has 9 atom stereocenters.